The first kappa shape index (κ1) is 24.8. The number of amides is 4. The summed E-state index contributed by atoms with van der Waals surface area (Å²) >= 11 is 1.46. The van der Waals surface area contributed by atoms with Gasteiger partial charge < -0.3 is 10.2 Å². The molecule has 2 unspecified atom stereocenters. The number of rotatable bonds is 9. The van der Waals surface area contributed by atoms with Crippen molar-refractivity contribution in [2.75, 3.05) is 13.1 Å². The van der Waals surface area contributed by atoms with Crippen molar-refractivity contribution in [3.63, 3.8) is 0 Å². The Balaban J connectivity index is 1.35. The zero-order chi connectivity index (χ0) is 24.1. The summed E-state index contributed by atoms with van der Waals surface area (Å²) in [4.78, 5) is 42.2. The fourth-order valence-corrected chi connectivity index (χ4v) is 6.18. The number of halogens is 1. The molecule has 0 radical (unpaired) electrons. The van der Waals surface area contributed by atoms with Crippen LogP contribution in [0.4, 0.5) is 9.18 Å². The van der Waals surface area contributed by atoms with Gasteiger partial charge in [-0.05, 0) is 61.1 Å². The van der Waals surface area contributed by atoms with Crippen LogP contribution in [0.3, 0.4) is 0 Å². The highest BCUT2D eigenvalue weighted by Gasteiger charge is 2.47. The van der Waals surface area contributed by atoms with Gasteiger partial charge >= 0.3 is 6.03 Å². The third kappa shape index (κ3) is 5.65. The third-order valence-corrected chi connectivity index (χ3v) is 8.25. The smallest absolute Gasteiger partial charge is 0.327 e. The molecule has 1 aromatic rings. The summed E-state index contributed by atoms with van der Waals surface area (Å²) in [6, 6.07) is 5.58. The Bertz CT molecular complexity index is 914. The van der Waals surface area contributed by atoms with Crippen molar-refractivity contribution in [3.8, 4) is 0 Å². The highest BCUT2D eigenvalue weighted by molar-refractivity contribution is 8.03. The standard InChI is InChI=1S/C26H34FN3O3S/c1-2-3-4-14-28-24(31)20-9-5-18(6-10-20)17-30-25(32)23-22(13-15-34-23)29(26(30)33)16-19-7-11-21(27)12-8-19/h7-8,11-13,15,18,20,22-23H,2-6,9-10,14,16-17H2,1H3,(H,28,31). The molecule has 1 N–H and O–H groups in total. The van der Waals surface area contributed by atoms with Gasteiger partial charge in [0, 0.05) is 25.6 Å². The first-order chi connectivity index (χ1) is 16.5. The molecular formula is C26H34FN3O3S. The predicted molar refractivity (Wildman–Crippen MR) is 131 cm³/mol. The van der Waals surface area contributed by atoms with Crippen molar-refractivity contribution in [1.82, 2.24) is 15.1 Å². The zero-order valence-corrected chi connectivity index (χ0v) is 20.6. The highest BCUT2D eigenvalue weighted by Crippen LogP contribution is 2.37. The zero-order valence-electron chi connectivity index (χ0n) is 19.7. The fraction of sp³-hybridized carbons (Fsp3) is 0.577. The molecule has 6 nitrogen and oxygen atoms in total. The Labute approximate surface area is 205 Å². The monoisotopic (exact) mass is 487 g/mol. The average molecular weight is 488 g/mol. The van der Waals surface area contributed by atoms with Crippen LogP contribution in [0.5, 0.6) is 0 Å². The SMILES string of the molecule is CCCCCNC(=O)C1CCC(CN2C(=O)C3SC=CC3N(Cc3ccc(F)cc3)C2=O)CC1. The predicted octanol–water partition coefficient (Wildman–Crippen LogP) is 4.70. The number of nitrogens with zero attached hydrogens (tertiary/aromatic N) is 2. The minimum absolute atomic E-state index is 0.0274. The second kappa shape index (κ2) is 11.4. The van der Waals surface area contributed by atoms with Crippen LogP contribution < -0.4 is 5.32 Å². The first-order valence-electron chi connectivity index (χ1n) is 12.4. The molecule has 4 amide bonds. The minimum Gasteiger partial charge on any atom is -0.356 e. The summed E-state index contributed by atoms with van der Waals surface area (Å²) in [5, 5.41) is 4.62. The molecular weight excluding hydrogens is 453 g/mol. The molecule has 2 aliphatic heterocycles. The molecule has 1 saturated heterocycles. The van der Waals surface area contributed by atoms with E-state index < -0.39 is 0 Å². The molecule has 1 aliphatic carbocycles. The molecule has 0 bridgehead atoms. The van der Waals surface area contributed by atoms with E-state index in [1.165, 1.54) is 28.8 Å². The lowest BCUT2D eigenvalue weighted by Crippen LogP contribution is -2.62. The van der Waals surface area contributed by atoms with Crippen LogP contribution in [0.1, 0.15) is 57.4 Å². The number of carbonyl (C=O) groups excluding carboxylic acids is 3. The van der Waals surface area contributed by atoms with Crippen LogP contribution in [-0.2, 0) is 16.1 Å². The Morgan fingerprint density at radius 3 is 2.56 bits per heavy atom. The Kier molecular flexibility index (Phi) is 8.29. The van der Waals surface area contributed by atoms with E-state index in [0.29, 0.717) is 13.1 Å². The molecule has 34 heavy (non-hydrogen) atoms. The molecule has 2 heterocycles. The van der Waals surface area contributed by atoms with Gasteiger partial charge in [-0.15, -0.1) is 11.8 Å². The molecule has 3 aliphatic rings. The molecule has 4 rings (SSSR count). The second-order valence-corrected chi connectivity index (χ2v) is 10.6. The number of urea groups is 1. The van der Waals surface area contributed by atoms with Crippen LogP contribution in [0.2, 0.25) is 0 Å². The van der Waals surface area contributed by atoms with Crippen molar-refractivity contribution in [2.45, 2.75) is 69.7 Å². The van der Waals surface area contributed by atoms with E-state index in [-0.39, 0.29) is 46.8 Å². The number of imide groups is 1. The van der Waals surface area contributed by atoms with Crippen LogP contribution >= 0.6 is 11.8 Å². The molecule has 2 atom stereocenters. The van der Waals surface area contributed by atoms with Crippen LogP contribution in [0, 0.1) is 17.7 Å². The highest BCUT2D eigenvalue weighted by atomic mass is 32.2. The van der Waals surface area contributed by atoms with Crippen LogP contribution in [0.25, 0.3) is 0 Å². The molecule has 0 spiro atoms. The summed E-state index contributed by atoms with van der Waals surface area (Å²) in [6.07, 6.45) is 8.44. The Hall–Kier alpha value is -2.35. The maximum absolute atomic E-state index is 13.4. The van der Waals surface area contributed by atoms with Gasteiger partial charge in [0.15, 0.2) is 0 Å². The summed E-state index contributed by atoms with van der Waals surface area (Å²) in [7, 11) is 0. The van der Waals surface area contributed by atoms with Crippen LogP contribution in [0.15, 0.2) is 35.7 Å². The summed E-state index contributed by atoms with van der Waals surface area (Å²) < 4.78 is 13.3. The van der Waals surface area contributed by atoms with E-state index in [0.717, 1.165) is 57.1 Å². The number of hydrogen-bond acceptors (Lipinski definition) is 4. The average Bonchev–Trinajstić information content (AvgIpc) is 3.34. The third-order valence-electron chi connectivity index (χ3n) is 7.16. The molecule has 1 aromatic carbocycles. The fourth-order valence-electron chi connectivity index (χ4n) is 5.12. The largest absolute Gasteiger partial charge is 0.356 e. The number of thioether (sulfide) groups is 1. The van der Waals surface area contributed by atoms with Gasteiger partial charge in [0.1, 0.15) is 11.1 Å². The van der Waals surface area contributed by atoms with Crippen molar-refractivity contribution in [2.24, 2.45) is 11.8 Å². The van der Waals surface area contributed by atoms with Gasteiger partial charge in [0.2, 0.25) is 11.8 Å². The minimum atomic E-state index is -0.330. The molecule has 8 heteroatoms. The number of unbranched alkanes of at least 4 members (excludes halogenated alkanes) is 2. The lowest BCUT2D eigenvalue weighted by molar-refractivity contribution is -0.132. The quantitative estimate of drug-likeness (QED) is 0.513. The van der Waals surface area contributed by atoms with E-state index in [2.05, 4.69) is 12.2 Å². The van der Waals surface area contributed by atoms with Gasteiger partial charge in [-0.25, -0.2) is 9.18 Å². The van der Waals surface area contributed by atoms with Gasteiger partial charge in [0.05, 0.1) is 6.04 Å². The van der Waals surface area contributed by atoms with Crippen molar-refractivity contribution >= 4 is 29.6 Å². The lowest BCUT2D eigenvalue weighted by Gasteiger charge is -2.43. The number of nitrogens with one attached hydrogen (secondary N) is 1. The maximum atomic E-state index is 13.4. The van der Waals surface area contributed by atoms with E-state index >= 15 is 0 Å². The summed E-state index contributed by atoms with van der Waals surface area (Å²) in [5.74, 6) is -0.0669. The number of benzene rings is 1. The Morgan fingerprint density at radius 1 is 1.12 bits per heavy atom. The summed E-state index contributed by atoms with van der Waals surface area (Å²) in [6.45, 7) is 3.61. The van der Waals surface area contributed by atoms with Gasteiger partial charge in [-0.1, -0.05) is 38.0 Å². The van der Waals surface area contributed by atoms with Gasteiger partial charge in [-0.3, -0.25) is 14.5 Å². The van der Waals surface area contributed by atoms with E-state index in [9.17, 15) is 18.8 Å². The number of carbonyl (C=O) groups is 3. The number of fused-ring (bicyclic) bond motifs is 1. The van der Waals surface area contributed by atoms with E-state index in [1.807, 2.05) is 11.5 Å². The second-order valence-electron chi connectivity index (χ2n) is 9.58. The van der Waals surface area contributed by atoms with E-state index in [1.54, 1.807) is 17.0 Å². The van der Waals surface area contributed by atoms with Gasteiger partial charge in [0.25, 0.3) is 0 Å². The van der Waals surface area contributed by atoms with Crippen molar-refractivity contribution in [3.05, 3.63) is 47.1 Å². The lowest BCUT2D eigenvalue weighted by atomic mass is 9.81. The molecule has 0 aromatic heterocycles. The van der Waals surface area contributed by atoms with Gasteiger partial charge in [-0.2, -0.15) is 0 Å². The summed E-state index contributed by atoms with van der Waals surface area (Å²) in [5.41, 5.74) is 0.832. The van der Waals surface area contributed by atoms with Crippen molar-refractivity contribution < 1.29 is 18.8 Å². The van der Waals surface area contributed by atoms with Crippen molar-refractivity contribution in [1.29, 1.82) is 0 Å². The molecule has 2 fully saturated rings. The van der Waals surface area contributed by atoms with E-state index in [4.69, 9.17) is 0 Å². The maximum Gasteiger partial charge on any atom is 0.327 e. The number of hydrogen-bond donors (Lipinski definition) is 1. The topological polar surface area (TPSA) is 69.7 Å². The van der Waals surface area contributed by atoms with Crippen LogP contribution in [-0.4, -0.2) is 52.0 Å². The normalized spacial score (nSPS) is 26.6. The molecule has 184 valence electrons. The first-order valence-corrected chi connectivity index (χ1v) is 13.4. The Morgan fingerprint density at radius 2 is 1.85 bits per heavy atom. The molecule has 1 saturated carbocycles.